The van der Waals surface area contributed by atoms with Crippen LogP contribution in [0, 0.1) is 0 Å². The Labute approximate surface area is 96.1 Å². The van der Waals surface area contributed by atoms with Crippen LogP contribution in [0.2, 0.25) is 5.15 Å². The third kappa shape index (κ3) is 2.60. The molecule has 1 aromatic heterocycles. The summed E-state index contributed by atoms with van der Waals surface area (Å²) in [5, 5.41) is 27.7. The molecule has 2 unspecified atom stereocenters. The lowest BCUT2D eigenvalue weighted by molar-refractivity contribution is -0.157. The van der Waals surface area contributed by atoms with Crippen LogP contribution < -0.4 is 0 Å². The van der Waals surface area contributed by atoms with Crippen molar-refractivity contribution in [2.45, 2.75) is 12.2 Å². The number of esters is 1. The van der Waals surface area contributed by atoms with E-state index in [1.807, 2.05) is 0 Å². The summed E-state index contributed by atoms with van der Waals surface area (Å²) in [6, 6.07) is 2.43. The molecule has 0 amide bonds. The predicted octanol–water partition coefficient (Wildman–Crippen LogP) is 0.00790. The van der Waals surface area contributed by atoms with Gasteiger partial charge in [-0.25, -0.2) is 9.78 Å². The fourth-order valence-corrected chi connectivity index (χ4v) is 1.18. The molecule has 1 aromatic rings. The molecule has 88 valence electrons. The van der Waals surface area contributed by atoms with Gasteiger partial charge in [-0.05, 0) is 12.1 Å². The molecule has 0 radical (unpaired) electrons. The molecule has 0 spiro atoms. The smallest absolute Gasteiger partial charge is 0.337 e. The maximum atomic E-state index is 10.9. The number of hydrogen-bond donors (Lipinski definition) is 3. The average molecular weight is 248 g/mol. The van der Waals surface area contributed by atoms with Crippen LogP contribution in [0.4, 0.5) is 0 Å². The third-order valence-electron chi connectivity index (χ3n) is 1.90. The zero-order chi connectivity index (χ0) is 12.3. The minimum absolute atomic E-state index is 0.0410. The van der Waals surface area contributed by atoms with Gasteiger partial charge in [-0.3, -0.25) is 0 Å². The number of hydrogen-bond acceptors (Lipinski definition) is 6. The Balaban J connectivity index is 2.91. The number of ether oxygens (including phenoxy) is 1. The van der Waals surface area contributed by atoms with Crippen LogP contribution in [-0.4, -0.2) is 39.5 Å². The number of halogens is 1. The molecule has 0 aliphatic rings. The van der Waals surface area contributed by atoms with E-state index in [0.717, 1.165) is 7.11 Å². The first kappa shape index (κ1) is 12.7. The fraction of sp³-hybridized carbons (Fsp3) is 0.333. The van der Waals surface area contributed by atoms with Crippen molar-refractivity contribution in [3.05, 3.63) is 23.0 Å². The molecule has 0 saturated carbocycles. The lowest BCUT2D eigenvalue weighted by atomic mass is 10.1. The Morgan fingerprint density at radius 2 is 2.12 bits per heavy atom. The van der Waals surface area contributed by atoms with Crippen molar-refractivity contribution in [2.75, 3.05) is 7.11 Å². The van der Waals surface area contributed by atoms with Gasteiger partial charge in [0.15, 0.2) is 17.0 Å². The SMILES string of the molecule is COC(=O)C(O)C(O)c1ccc(O)c(Cl)n1. The Kier molecular flexibility index (Phi) is 4.05. The van der Waals surface area contributed by atoms with Crippen molar-refractivity contribution in [2.24, 2.45) is 0 Å². The minimum atomic E-state index is -1.75. The second-order valence-corrected chi connectivity index (χ2v) is 3.32. The molecule has 16 heavy (non-hydrogen) atoms. The fourth-order valence-electron chi connectivity index (χ4n) is 1.02. The van der Waals surface area contributed by atoms with E-state index in [9.17, 15) is 15.0 Å². The molecule has 0 aromatic carbocycles. The maximum absolute atomic E-state index is 10.9. The van der Waals surface area contributed by atoms with E-state index in [1.54, 1.807) is 0 Å². The molecule has 6 nitrogen and oxygen atoms in total. The number of aromatic nitrogens is 1. The van der Waals surface area contributed by atoms with Crippen molar-refractivity contribution in [1.82, 2.24) is 4.98 Å². The number of aromatic hydroxyl groups is 1. The highest BCUT2D eigenvalue weighted by Gasteiger charge is 2.27. The zero-order valence-corrected chi connectivity index (χ0v) is 9.05. The molecule has 0 aliphatic carbocycles. The molecule has 3 N–H and O–H groups in total. The summed E-state index contributed by atoms with van der Waals surface area (Å²) < 4.78 is 4.25. The standard InChI is InChI=1S/C9H10ClNO5/c1-16-9(15)7(14)6(13)4-2-3-5(12)8(10)11-4/h2-3,6-7,12-14H,1H3. The summed E-state index contributed by atoms with van der Waals surface area (Å²) in [5.74, 6) is -1.25. The average Bonchev–Trinajstić information content (AvgIpc) is 2.29. The van der Waals surface area contributed by atoms with Gasteiger partial charge in [-0.15, -0.1) is 0 Å². The molecule has 0 saturated heterocycles. The van der Waals surface area contributed by atoms with Crippen molar-refractivity contribution < 1.29 is 24.9 Å². The van der Waals surface area contributed by atoms with Crippen molar-refractivity contribution in [1.29, 1.82) is 0 Å². The van der Waals surface area contributed by atoms with Gasteiger partial charge in [-0.1, -0.05) is 11.6 Å². The second kappa shape index (κ2) is 5.11. The number of nitrogens with zero attached hydrogens (tertiary/aromatic N) is 1. The van der Waals surface area contributed by atoms with Crippen LogP contribution in [0.15, 0.2) is 12.1 Å². The number of carbonyl (C=O) groups is 1. The number of aliphatic hydroxyl groups is 2. The summed E-state index contributed by atoms with van der Waals surface area (Å²) >= 11 is 5.51. The lowest BCUT2D eigenvalue weighted by Gasteiger charge is -2.15. The zero-order valence-electron chi connectivity index (χ0n) is 8.29. The Morgan fingerprint density at radius 1 is 1.50 bits per heavy atom. The summed E-state index contributed by atoms with van der Waals surface area (Å²) in [5.41, 5.74) is -0.0410. The monoisotopic (exact) mass is 247 g/mol. The topological polar surface area (TPSA) is 99.9 Å². The van der Waals surface area contributed by atoms with Gasteiger partial charge < -0.3 is 20.1 Å². The van der Waals surface area contributed by atoms with E-state index in [4.69, 9.17) is 16.7 Å². The molecule has 0 fully saturated rings. The number of methoxy groups -OCH3 is 1. The van der Waals surface area contributed by atoms with Gasteiger partial charge in [0, 0.05) is 0 Å². The molecule has 0 bridgehead atoms. The van der Waals surface area contributed by atoms with Gasteiger partial charge >= 0.3 is 5.97 Å². The summed E-state index contributed by atoms with van der Waals surface area (Å²) in [6.07, 6.45) is -3.32. The van der Waals surface area contributed by atoms with Gasteiger partial charge in [0.2, 0.25) is 0 Å². The molecule has 1 heterocycles. The highest BCUT2D eigenvalue weighted by atomic mass is 35.5. The number of carbonyl (C=O) groups excluding carboxylic acids is 1. The molecule has 7 heteroatoms. The van der Waals surface area contributed by atoms with Crippen LogP contribution in [0.1, 0.15) is 11.8 Å². The number of rotatable bonds is 3. The van der Waals surface area contributed by atoms with Gasteiger partial charge in [0.25, 0.3) is 0 Å². The molecule has 1 rings (SSSR count). The van der Waals surface area contributed by atoms with Crippen LogP contribution >= 0.6 is 11.6 Å². The van der Waals surface area contributed by atoms with E-state index in [0.29, 0.717) is 0 Å². The number of pyridine rings is 1. The Bertz CT molecular complexity index is 397. The van der Waals surface area contributed by atoms with Gasteiger partial charge in [-0.2, -0.15) is 0 Å². The Hall–Kier alpha value is -1.37. The Morgan fingerprint density at radius 3 is 2.62 bits per heavy atom. The highest BCUT2D eigenvalue weighted by molar-refractivity contribution is 6.30. The number of aliphatic hydroxyl groups excluding tert-OH is 2. The van der Waals surface area contributed by atoms with Crippen molar-refractivity contribution in [3.63, 3.8) is 0 Å². The van der Waals surface area contributed by atoms with Gasteiger partial charge in [0.1, 0.15) is 6.10 Å². The van der Waals surface area contributed by atoms with Crippen LogP contribution in [0.5, 0.6) is 5.75 Å². The maximum Gasteiger partial charge on any atom is 0.337 e. The van der Waals surface area contributed by atoms with Crippen LogP contribution in [0.3, 0.4) is 0 Å². The first-order valence-electron chi connectivity index (χ1n) is 4.26. The van der Waals surface area contributed by atoms with Crippen LogP contribution in [0.25, 0.3) is 0 Å². The van der Waals surface area contributed by atoms with E-state index in [2.05, 4.69) is 9.72 Å². The summed E-state index contributed by atoms with van der Waals surface area (Å²) in [7, 11) is 1.08. The first-order chi connectivity index (χ1) is 7.47. The quantitative estimate of drug-likeness (QED) is 0.514. The second-order valence-electron chi connectivity index (χ2n) is 2.96. The summed E-state index contributed by atoms with van der Waals surface area (Å²) in [4.78, 5) is 14.5. The third-order valence-corrected chi connectivity index (χ3v) is 2.17. The molecular formula is C9H10ClNO5. The van der Waals surface area contributed by atoms with Crippen molar-refractivity contribution >= 4 is 17.6 Å². The molecule has 2 atom stereocenters. The predicted molar refractivity (Wildman–Crippen MR) is 53.9 cm³/mol. The van der Waals surface area contributed by atoms with E-state index >= 15 is 0 Å². The first-order valence-corrected chi connectivity index (χ1v) is 4.64. The molecule has 0 aliphatic heterocycles. The van der Waals surface area contributed by atoms with Crippen molar-refractivity contribution in [3.8, 4) is 5.75 Å². The molecular weight excluding hydrogens is 238 g/mol. The van der Waals surface area contributed by atoms with E-state index < -0.39 is 18.2 Å². The highest BCUT2D eigenvalue weighted by Crippen LogP contribution is 2.24. The van der Waals surface area contributed by atoms with E-state index in [-0.39, 0.29) is 16.6 Å². The normalized spacial score (nSPS) is 14.2. The minimum Gasteiger partial charge on any atom is -0.505 e. The van der Waals surface area contributed by atoms with Gasteiger partial charge in [0.05, 0.1) is 12.8 Å². The lowest BCUT2D eigenvalue weighted by Crippen LogP contribution is -2.29. The summed E-state index contributed by atoms with van der Waals surface area (Å²) in [6.45, 7) is 0. The largest absolute Gasteiger partial charge is 0.505 e. The van der Waals surface area contributed by atoms with Crippen LogP contribution in [-0.2, 0) is 9.53 Å². The van der Waals surface area contributed by atoms with E-state index in [1.165, 1.54) is 12.1 Å².